The number of hydrogen-bond acceptors (Lipinski definition) is 8. The third-order valence-electron chi connectivity index (χ3n) is 6.30. The van der Waals surface area contributed by atoms with Gasteiger partial charge in [0.25, 0.3) is 5.91 Å². The fraction of sp³-hybridized carbons (Fsp3) is 0.292. The van der Waals surface area contributed by atoms with Gasteiger partial charge in [0.05, 0.1) is 28.8 Å². The first-order valence-electron chi connectivity index (χ1n) is 11.4. The van der Waals surface area contributed by atoms with Crippen molar-refractivity contribution in [3.05, 3.63) is 64.3 Å². The van der Waals surface area contributed by atoms with Gasteiger partial charge in [-0.1, -0.05) is 12.1 Å². The first-order chi connectivity index (χ1) is 17.1. The van der Waals surface area contributed by atoms with Crippen molar-refractivity contribution >= 4 is 49.1 Å². The summed E-state index contributed by atoms with van der Waals surface area (Å²) in [5.74, 6) is 1.08. The van der Waals surface area contributed by atoms with Gasteiger partial charge in [-0.15, -0.1) is 21.5 Å². The lowest BCUT2D eigenvalue weighted by molar-refractivity contribution is 0.0953. The van der Waals surface area contributed by atoms with Gasteiger partial charge in [-0.05, 0) is 25.1 Å². The number of anilines is 1. The molecule has 0 aliphatic carbocycles. The van der Waals surface area contributed by atoms with Crippen LogP contribution in [0.5, 0.6) is 0 Å². The Morgan fingerprint density at radius 3 is 2.83 bits per heavy atom. The predicted octanol–water partition coefficient (Wildman–Crippen LogP) is 2.23. The molecule has 11 heteroatoms. The van der Waals surface area contributed by atoms with Crippen LogP contribution in [0.4, 0.5) is 5.82 Å². The Bertz CT molecular complexity index is 1630. The lowest BCUT2D eigenvalue weighted by Gasteiger charge is -2.27. The van der Waals surface area contributed by atoms with Crippen LogP contribution < -0.4 is 15.6 Å². The van der Waals surface area contributed by atoms with Crippen molar-refractivity contribution in [1.82, 2.24) is 29.5 Å². The van der Waals surface area contributed by atoms with E-state index in [-0.39, 0.29) is 11.0 Å². The summed E-state index contributed by atoms with van der Waals surface area (Å²) in [6, 6.07) is 9.56. The summed E-state index contributed by atoms with van der Waals surface area (Å²) < 4.78 is 10.2. The second-order valence-electron chi connectivity index (χ2n) is 8.38. The van der Waals surface area contributed by atoms with Crippen molar-refractivity contribution in [2.45, 2.75) is 13.5 Å². The number of nitrogens with zero attached hydrogens (tertiary/aromatic N) is 6. The van der Waals surface area contributed by atoms with Crippen LogP contribution in [0.15, 0.2) is 47.5 Å². The average molecular weight is 490 g/mol. The van der Waals surface area contributed by atoms with E-state index in [1.165, 1.54) is 11.3 Å². The van der Waals surface area contributed by atoms with Crippen molar-refractivity contribution in [3.63, 3.8) is 0 Å². The topological polar surface area (TPSA) is 107 Å². The minimum absolute atomic E-state index is 0.127. The lowest BCUT2D eigenvalue weighted by atomic mass is 10.1. The minimum Gasteiger partial charge on any atom is -0.378 e. The van der Waals surface area contributed by atoms with E-state index in [9.17, 15) is 9.59 Å². The zero-order chi connectivity index (χ0) is 23.9. The van der Waals surface area contributed by atoms with Gasteiger partial charge in [0, 0.05) is 38.6 Å². The highest BCUT2D eigenvalue weighted by molar-refractivity contribution is 7.24. The summed E-state index contributed by atoms with van der Waals surface area (Å²) in [5.41, 5.74) is 1.12. The van der Waals surface area contributed by atoms with Gasteiger partial charge < -0.3 is 19.5 Å². The smallest absolute Gasteiger partial charge is 0.258 e. The quantitative estimate of drug-likeness (QED) is 0.403. The summed E-state index contributed by atoms with van der Waals surface area (Å²) in [6.45, 7) is 5.38. The highest BCUT2D eigenvalue weighted by Crippen LogP contribution is 2.31. The van der Waals surface area contributed by atoms with Gasteiger partial charge >= 0.3 is 0 Å². The summed E-state index contributed by atoms with van der Waals surface area (Å²) in [7, 11) is 0. The Morgan fingerprint density at radius 2 is 2.03 bits per heavy atom. The third kappa shape index (κ3) is 3.72. The number of carbonyl (C=O) groups is 1. The van der Waals surface area contributed by atoms with E-state index in [0.717, 1.165) is 16.0 Å². The number of benzene rings is 1. The first kappa shape index (κ1) is 21.7. The van der Waals surface area contributed by atoms with Gasteiger partial charge in [-0.25, -0.2) is 4.98 Å². The normalized spacial score (nSPS) is 14.3. The maximum Gasteiger partial charge on any atom is 0.258 e. The van der Waals surface area contributed by atoms with Crippen LogP contribution in [-0.2, 0) is 11.3 Å². The number of imidazole rings is 1. The molecule has 0 unspecified atom stereocenters. The molecule has 1 N–H and O–H groups in total. The van der Waals surface area contributed by atoms with Crippen molar-refractivity contribution in [3.8, 4) is 0 Å². The molecule has 0 bridgehead atoms. The number of hydrogen-bond donors (Lipinski definition) is 1. The van der Waals surface area contributed by atoms with E-state index >= 15 is 0 Å². The second kappa shape index (κ2) is 8.75. The molecule has 0 saturated carbocycles. The number of amides is 1. The van der Waals surface area contributed by atoms with E-state index in [4.69, 9.17) is 4.74 Å². The molecule has 1 fully saturated rings. The van der Waals surface area contributed by atoms with Gasteiger partial charge in [0.2, 0.25) is 5.43 Å². The van der Waals surface area contributed by atoms with Crippen LogP contribution >= 0.6 is 11.3 Å². The Balaban J connectivity index is 1.48. The van der Waals surface area contributed by atoms with Gasteiger partial charge in [0.1, 0.15) is 16.2 Å². The SMILES string of the molecule is Cc1nccn1CCNC(=O)c1c(=O)c2cc(N3CCOCC3)nnc2n2c1sc1ccccc12. The number of carbonyl (C=O) groups excluding carboxylic acids is 1. The molecule has 1 saturated heterocycles. The first-order valence-corrected chi connectivity index (χ1v) is 12.3. The number of morpholine rings is 1. The monoisotopic (exact) mass is 489 g/mol. The number of rotatable bonds is 5. The number of fused-ring (bicyclic) bond motifs is 5. The van der Waals surface area contributed by atoms with Gasteiger partial charge in [-0.3, -0.25) is 14.0 Å². The fourth-order valence-electron chi connectivity index (χ4n) is 4.47. The molecular formula is C24H23N7O3S. The van der Waals surface area contributed by atoms with Crippen molar-refractivity contribution < 1.29 is 9.53 Å². The summed E-state index contributed by atoms with van der Waals surface area (Å²) in [5, 5.41) is 12.2. The highest BCUT2D eigenvalue weighted by Gasteiger charge is 2.24. The van der Waals surface area contributed by atoms with E-state index in [2.05, 4.69) is 20.5 Å². The molecule has 1 aromatic carbocycles. The number of aryl methyl sites for hydroxylation is 1. The average Bonchev–Trinajstić information content (AvgIpc) is 3.47. The Hall–Kier alpha value is -3.83. The highest BCUT2D eigenvalue weighted by atomic mass is 32.1. The summed E-state index contributed by atoms with van der Waals surface area (Å²) >= 11 is 1.40. The molecule has 1 aliphatic rings. The van der Waals surface area contributed by atoms with E-state index in [1.807, 2.05) is 51.3 Å². The van der Waals surface area contributed by atoms with Crippen molar-refractivity contribution in [2.24, 2.45) is 0 Å². The largest absolute Gasteiger partial charge is 0.378 e. The zero-order valence-electron chi connectivity index (χ0n) is 19.1. The number of nitrogens with one attached hydrogen (secondary N) is 1. The van der Waals surface area contributed by atoms with Crippen LogP contribution in [0.2, 0.25) is 0 Å². The molecule has 1 aliphatic heterocycles. The van der Waals surface area contributed by atoms with Crippen molar-refractivity contribution in [1.29, 1.82) is 0 Å². The molecule has 0 radical (unpaired) electrons. The Morgan fingerprint density at radius 1 is 1.20 bits per heavy atom. The Kier molecular flexibility index (Phi) is 5.42. The van der Waals surface area contributed by atoms with E-state index in [1.54, 1.807) is 12.3 Å². The zero-order valence-corrected chi connectivity index (χ0v) is 19.9. The maximum absolute atomic E-state index is 13.7. The molecule has 0 atom stereocenters. The van der Waals surface area contributed by atoms with Crippen LogP contribution in [-0.4, -0.2) is 62.9 Å². The molecule has 5 heterocycles. The number of pyridine rings is 1. The van der Waals surface area contributed by atoms with Gasteiger partial charge in [-0.2, -0.15) is 0 Å². The fourth-order valence-corrected chi connectivity index (χ4v) is 5.65. The van der Waals surface area contributed by atoms with Gasteiger partial charge in [0.15, 0.2) is 11.5 Å². The number of para-hydroxylation sites is 1. The molecule has 35 heavy (non-hydrogen) atoms. The van der Waals surface area contributed by atoms with Crippen molar-refractivity contribution in [2.75, 3.05) is 37.7 Å². The lowest BCUT2D eigenvalue weighted by Crippen LogP contribution is -2.37. The molecule has 178 valence electrons. The second-order valence-corrected chi connectivity index (χ2v) is 9.41. The molecule has 5 aromatic rings. The predicted molar refractivity (Wildman–Crippen MR) is 134 cm³/mol. The van der Waals surface area contributed by atoms with Crippen LogP contribution in [0.1, 0.15) is 16.2 Å². The summed E-state index contributed by atoms with van der Waals surface area (Å²) in [4.78, 5) is 34.0. The molecule has 10 nitrogen and oxygen atoms in total. The standard InChI is InChI=1S/C24H23N7O3S/c1-15-25-6-8-29(15)9-7-26-23(33)20-21(32)16-14-19(30-10-12-34-13-11-30)27-28-22(16)31-17-4-2-3-5-18(17)35-24(20)31/h2-6,8,14H,7,9-13H2,1H3,(H,26,33). The third-order valence-corrected chi connectivity index (χ3v) is 7.44. The molecule has 1 amide bonds. The summed E-state index contributed by atoms with van der Waals surface area (Å²) in [6.07, 6.45) is 3.59. The van der Waals surface area contributed by atoms with E-state index in [0.29, 0.717) is 61.1 Å². The number of thiazole rings is 1. The number of ether oxygens (including phenoxy) is 1. The molecule has 6 rings (SSSR count). The van der Waals surface area contributed by atoms with Crippen LogP contribution in [0.3, 0.4) is 0 Å². The molecular weight excluding hydrogens is 466 g/mol. The molecule has 0 spiro atoms. The van der Waals surface area contributed by atoms with Crippen LogP contribution in [0, 0.1) is 6.92 Å². The van der Waals surface area contributed by atoms with E-state index < -0.39 is 5.91 Å². The minimum atomic E-state index is -0.400. The Labute approximate surface area is 203 Å². The number of aromatic nitrogens is 5. The van der Waals surface area contributed by atoms with Crippen LogP contribution in [0.25, 0.3) is 26.1 Å². The maximum atomic E-state index is 13.7. The molecule has 4 aromatic heterocycles.